The van der Waals surface area contributed by atoms with Gasteiger partial charge in [0, 0.05) is 37.7 Å². The van der Waals surface area contributed by atoms with Crippen LogP contribution in [0.3, 0.4) is 0 Å². The van der Waals surface area contributed by atoms with Crippen molar-refractivity contribution in [1.82, 2.24) is 16.0 Å². The van der Waals surface area contributed by atoms with Gasteiger partial charge in [-0.2, -0.15) is 0 Å². The lowest BCUT2D eigenvalue weighted by molar-refractivity contribution is -0.120. The van der Waals surface area contributed by atoms with Crippen LogP contribution in [0.5, 0.6) is 0 Å². The summed E-state index contributed by atoms with van der Waals surface area (Å²) >= 11 is 0. The smallest absolute Gasteiger partial charge is 0.242 e. The highest BCUT2D eigenvalue weighted by Crippen LogP contribution is 2.31. The monoisotopic (exact) mass is 521 g/mol. The van der Waals surface area contributed by atoms with Crippen LogP contribution in [0.25, 0.3) is 0 Å². The van der Waals surface area contributed by atoms with Crippen molar-refractivity contribution in [3.8, 4) is 0 Å². The highest BCUT2D eigenvalue weighted by Gasteiger charge is 2.24. The van der Waals surface area contributed by atoms with Gasteiger partial charge in [0.2, 0.25) is 11.8 Å². The van der Waals surface area contributed by atoms with Crippen molar-refractivity contribution >= 4 is 47.4 Å². The van der Waals surface area contributed by atoms with Crippen molar-refractivity contribution in [2.45, 2.75) is 25.8 Å². The second-order valence-corrected chi connectivity index (χ2v) is 6.87. The molecule has 1 aliphatic rings. The molecule has 0 aliphatic carbocycles. The summed E-state index contributed by atoms with van der Waals surface area (Å²) in [5.41, 5.74) is 3.01. The Morgan fingerprint density at radius 2 is 1.80 bits per heavy atom. The second kappa shape index (κ2) is 12.2. The fraction of sp³-hybridized carbons (Fsp3) is 0.318. The number of halogens is 1. The first kappa shape index (κ1) is 23.7. The Kier molecular flexibility index (Phi) is 9.59. The van der Waals surface area contributed by atoms with E-state index in [1.54, 1.807) is 0 Å². The van der Waals surface area contributed by atoms with Gasteiger partial charge in [0.05, 0.1) is 0 Å². The molecule has 1 heterocycles. The van der Waals surface area contributed by atoms with E-state index in [-0.39, 0.29) is 48.3 Å². The summed E-state index contributed by atoms with van der Waals surface area (Å²) < 4.78 is 0. The van der Waals surface area contributed by atoms with E-state index in [0.29, 0.717) is 32.0 Å². The molecule has 0 saturated heterocycles. The maximum atomic E-state index is 12.1. The van der Waals surface area contributed by atoms with Gasteiger partial charge in [-0.25, -0.2) is 4.99 Å². The number of nitrogens with zero attached hydrogens (tertiary/aromatic N) is 1. The zero-order valence-corrected chi connectivity index (χ0v) is 19.3. The van der Waals surface area contributed by atoms with Gasteiger partial charge in [-0.1, -0.05) is 48.5 Å². The van der Waals surface area contributed by atoms with Crippen molar-refractivity contribution < 1.29 is 9.59 Å². The van der Waals surface area contributed by atoms with Gasteiger partial charge < -0.3 is 21.3 Å². The zero-order chi connectivity index (χ0) is 20.5. The molecule has 2 amide bonds. The maximum absolute atomic E-state index is 12.1. The number of fused-ring (bicyclic) bond motifs is 1. The molecule has 0 aromatic heterocycles. The highest BCUT2D eigenvalue weighted by molar-refractivity contribution is 14.0. The van der Waals surface area contributed by atoms with Gasteiger partial charge in [0.25, 0.3) is 0 Å². The van der Waals surface area contributed by atoms with Crippen LogP contribution in [-0.2, 0) is 16.1 Å². The number of para-hydroxylation sites is 1. The minimum Gasteiger partial charge on any atom is -0.357 e. The van der Waals surface area contributed by atoms with Crippen LogP contribution in [0.2, 0.25) is 0 Å². The van der Waals surface area contributed by atoms with E-state index < -0.39 is 0 Å². The molecule has 3 rings (SSSR count). The topological polar surface area (TPSA) is 94.6 Å². The van der Waals surface area contributed by atoms with Crippen LogP contribution in [-0.4, -0.2) is 37.4 Å². The zero-order valence-electron chi connectivity index (χ0n) is 17.0. The van der Waals surface area contributed by atoms with E-state index >= 15 is 0 Å². The molecule has 1 atom stereocenters. The summed E-state index contributed by atoms with van der Waals surface area (Å²) in [6, 6.07) is 17.6. The van der Waals surface area contributed by atoms with Crippen LogP contribution < -0.4 is 21.3 Å². The molecule has 0 bridgehead atoms. The van der Waals surface area contributed by atoms with E-state index in [9.17, 15) is 9.59 Å². The number of aliphatic imine (C=N–C) groups is 1. The van der Waals surface area contributed by atoms with Crippen molar-refractivity contribution in [2.75, 3.05) is 25.0 Å². The Balaban J connectivity index is 0.00000320. The fourth-order valence-electron chi connectivity index (χ4n) is 3.25. The molecule has 7 nitrogen and oxygen atoms in total. The minimum atomic E-state index is -0.145. The molecular formula is C22H28IN5O2. The molecular weight excluding hydrogens is 493 g/mol. The van der Waals surface area contributed by atoms with Crippen LogP contribution in [0.15, 0.2) is 59.6 Å². The Bertz CT molecular complexity index is 873. The molecule has 8 heteroatoms. The number of rotatable bonds is 7. The summed E-state index contributed by atoms with van der Waals surface area (Å²) in [4.78, 5) is 28.5. The molecule has 0 spiro atoms. The summed E-state index contributed by atoms with van der Waals surface area (Å²) in [6.07, 6.45) is 0.418. The number of amides is 2. The number of anilines is 1. The van der Waals surface area contributed by atoms with Crippen LogP contribution in [0.4, 0.5) is 5.69 Å². The first-order chi connectivity index (χ1) is 14.2. The number of hydrogen-bond acceptors (Lipinski definition) is 3. The van der Waals surface area contributed by atoms with Gasteiger partial charge in [-0.3, -0.25) is 9.59 Å². The van der Waals surface area contributed by atoms with Crippen LogP contribution in [0.1, 0.15) is 30.4 Å². The van der Waals surface area contributed by atoms with Gasteiger partial charge in [0.15, 0.2) is 5.96 Å². The van der Waals surface area contributed by atoms with Crippen molar-refractivity contribution in [2.24, 2.45) is 4.99 Å². The Morgan fingerprint density at radius 1 is 1.07 bits per heavy atom. The number of nitrogens with one attached hydrogen (secondary N) is 4. The summed E-state index contributed by atoms with van der Waals surface area (Å²) in [5, 5.41) is 12.2. The summed E-state index contributed by atoms with van der Waals surface area (Å²) in [7, 11) is 0. The first-order valence-electron chi connectivity index (χ1n) is 9.87. The Labute approximate surface area is 194 Å². The summed E-state index contributed by atoms with van der Waals surface area (Å²) in [5.74, 6) is 0.479. The normalized spacial score (nSPS) is 15.3. The fourth-order valence-corrected chi connectivity index (χ4v) is 3.25. The molecule has 0 saturated carbocycles. The molecule has 30 heavy (non-hydrogen) atoms. The van der Waals surface area contributed by atoms with E-state index in [2.05, 4.69) is 26.3 Å². The predicted octanol–water partition coefficient (Wildman–Crippen LogP) is 2.60. The van der Waals surface area contributed by atoms with Gasteiger partial charge in [-0.15, -0.1) is 24.0 Å². The highest BCUT2D eigenvalue weighted by atomic mass is 127. The third kappa shape index (κ3) is 7.01. The van der Waals surface area contributed by atoms with Crippen molar-refractivity contribution in [1.29, 1.82) is 0 Å². The quantitative estimate of drug-likeness (QED) is 0.256. The molecule has 1 unspecified atom stereocenters. The molecule has 4 N–H and O–H groups in total. The SMILES string of the molecule is CCNC(=NCC(=O)NCc1ccccc1)NCC1CC(=O)Nc2ccccc21.I. The Hall–Kier alpha value is -2.62. The molecule has 2 aromatic rings. The molecule has 1 aliphatic heterocycles. The van der Waals surface area contributed by atoms with Gasteiger partial charge in [0.1, 0.15) is 6.54 Å². The number of carbonyl (C=O) groups is 2. The number of hydrogen-bond donors (Lipinski definition) is 4. The third-order valence-electron chi connectivity index (χ3n) is 4.68. The number of benzene rings is 2. The lowest BCUT2D eigenvalue weighted by atomic mass is 9.90. The second-order valence-electron chi connectivity index (χ2n) is 6.87. The number of guanidine groups is 1. The van der Waals surface area contributed by atoms with Gasteiger partial charge in [-0.05, 0) is 24.1 Å². The molecule has 0 radical (unpaired) electrons. The van der Waals surface area contributed by atoms with Crippen LogP contribution >= 0.6 is 24.0 Å². The lowest BCUT2D eigenvalue weighted by Crippen LogP contribution is -2.41. The Morgan fingerprint density at radius 3 is 2.57 bits per heavy atom. The van der Waals surface area contributed by atoms with Crippen molar-refractivity contribution in [3.63, 3.8) is 0 Å². The van der Waals surface area contributed by atoms with E-state index in [4.69, 9.17) is 0 Å². The average Bonchev–Trinajstić information content (AvgIpc) is 2.74. The lowest BCUT2D eigenvalue weighted by Gasteiger charge is -2.26. The largest absolute Gasteiger partial charge is 0.357 e. The van der Waals surface area contributed by atoms with Crippen molar-refractivity contribution in [3.05, 3.63) is 65.7 Å². The number of carbonyl (C=O) groups excluding carboxylic acids is 2. The minimum absolute atomic E-state index is 0. The molecule has 2 aromatic carbocycles. The predicted molar refractivity (Wildman–Crippen MR) is 130 cm³/mol. The molecule has 160 valence electrons. The van der Waals surface area contributed by atoms with Crippen LogP contribution in [0, 0.1) is 0 Å². The van der Waals surface area contributed by atoms with E-state index in [1.807, 2.05) is 61.5 Å². The van der Waals surface area contributed by atoms with E-state index in [0.717, 1.165) is 16.8 Å². The van der Waals surface area contributed by atoms with Gasteiger partial charge >= 0.3 is 0 Å². The van der Waals surface area contributed by atoms with E-state index in [1.165, 1.54) is 0 Å². The molecule has 0 fully saturated rings. The third-order valence-corrected chi connectivity index (χ3v) is 4.68. The summed E-state index contributed by atoms with van der Waals surface area (Å²) in [6.45, 7) is 3.72. The average molecular weight is 521 g/mol. The standard InChI is InChI=1S/C22H27N5O2.HI/c1-2-23-22(26-15-21(29)24-13-16-8-4-3-5-9-16)25-14-17-12-20(28)27-19-11-7-6-10-18(17)19;/h3-11,17H,2,12-15H2,1H3,(H,24,29)(H,27,28)(H2,23,25,26);1H. The first-order valence-corrected chi connectivity index (χ1v) is 9.87. The maximum Gasteiger partial charge on any atom is 0.242 e.